The van der Waals surface area contributed by atoms with Crippen molar-refractivity contribution < 1.29 is 8.42 Å². The van der Waals surface area contributed by atoms with Gasteiger partial charge in [-0.1, -0.05) is 6.42 Å². The molecule has 1 aliphatic rings. The average Bonchev–Trinajstić information content (AvgIpc) is 2.44. The molecule has 0 aromatic rings. The van der Waals surface area contributed by atoms with Gasteiger partial charge in [-0.3, -0.25) is 4.99 Å². The van der Waals surface area contributed by atoms with E-state index in [1.54, 1.807) is 7.05 Å². The monoisotopic (exact) mass is 446 g/mol. The Balaban J connectivity index is 0.00000441. The van der Waals surface area contributed by atoms with Crippen LogP contribution in [0.5, 0.6) is 0 Å². The highest BCUT2D eigenvalue weighted by atomic mass is 127. The number of rotatable bonds is 7. The predicted molar refractivity (Wildman–Crippen MR) is 104 cm³/mol. The first-order chi connectivity index (χ1) is 9.90. The standard InChI is InChI=1S/C14H30N4O2S.HI/c1-13(7-12-21(3,19)20)17-14(15-2)16-8-11-18-9-5-4-6-10-18;/h13H,4-12H2,1-3H3,(H2,15,16,17);1H. The van der Waals surface area contributed by atoms with Crippen LogP contribution in [0.15, 0.2) is 4.99 Å². The van der Waals surface area contributed by atoms with E-state index in [-0.39, 0.29) is 35.8 Å². The number of aliphatic imine (C=N–C) groups is 1. The van der Waals surface area contributed by atoms with Gasteiger partial charge in [0.25, 0.3) is 0 Å². The van der Waals surface area contributed by atoms with Crippen molar-refractivity contribution in [3.63, 3.8) is 0 Å². The second kappa shape index (κ2) is 11.4. The molecule has 0 bridgehead atoms. The maximum absolute atomic E-state index is 11.2. The van der Waals surface area contributed by atoms with E-state index in [2.05, 4.69) is 20.5 Å². The van der Waals surface area contributed by atoms with Gasteiger partial charge in [0.1, 0.15) is 9.84 Å². The number of piperidine rings is 1. The summed E-state index contributed by atoms with van der Waals surface area (Å²) in [5.74, 6) is 0.944. The molecule has 132 valence electrons. The van der Waals surface area contributed by atoms with Crippen LogP contribution in [0.2, 0.25) is 0 Å². The van der Waals surface area contributed by atoms with Gasteiger partial charge in [-0.2, -0.15) is 0 Å². The molecule has 0 amide bonds. The van der Waals surface area contributed by atoms with E-state index in [9.17, 15) is 8.42 Å². The number of guanidine groups is 1. The number of halogens is 1. The highest BCUT2D eigenvalue weighted by Crippen LogP contribution is 2.07. The van der Waals surface area contributed by atoms with E-state index in [4.69, 9.17) is 0 Å². The van der Waals surface area contributed by atoms with Gasteiger partial charge >= 0.3 is 0 Å². The third kappa shape index (κ3) is 10.6. The molecule has 0 radical (unpaired) electrons. The largest absolute Gasteiger partial charge is 0.355 e. The molecule has 2 N–H and O–H groups in total. The summed E-state index contributed by atoms with van der Waals surface area (Å²) in [6, 6.07) is 0.0842. The first kappa shape index (κ1) is 21.9. The fourth-order valence-electron chi connectivity index (χ4n) is 2.41. The zero-order chi connectivity index (χ0) is 15.7. The average molecular weight is 446 g/mol. The SMILES string of the molecule is CN=C(NCCN1CCCCC1)NC(C)CCS(C)(=O)=O.I. The van der Waals surface area contributed by atoms with Crippen LogP contribution in [-0.4, -0.2) is 70.6 Å². The fourth-order valence-corrected chi connectivity index (χ4v) is 3.19. The van der Waals surface area contributed by atoms with Gasteiger partial charge in [0.2, 0.25) is 0 Å². The lowest BCUT2D eigenvalue weighted by molar-refractivity contribution is 0.232. The van der Waals surface area contributed by atoms with Gasteiger partial charge in [-0.05, 0) is 39.3 Å². The topological polar surface area (TPSA) is 73.8 Å². The van der Waals surface area contributed by atoms with Gasteiger partial charge in [-0.25, -0.2) is 8.42 Å². The summed E-state index contributed by atoms with van der Waals surface area (Å²) in [5, 5.41) is 6.53. The molecule has 8 heteroatoms. The zero-order valence-corrected chi connectivity index (χ0v) is 17.1. The van der Waals surface area contributed by atoms with Crippen LogP contribution in [0.4, 0.5) is 0 Å². The van der Waals surface area contributed by atoms with Crippen LogP contribution >= 0.6 is 24.0 Å². The van der Waals surface area contributed by atoms with Crippen molar-refractivity contribution >= 4 is 39.8 Å². The minimum atomic E-state index is -2.90. The molecule has 1 aliphatic heterocycles. The number of nitrogens with one attached hydrogen (secondary N) is 2. The van der Waals surface area contributed by atoms with Crippen molar-refractivity contribution in [2.24, 2.45) is 4.99 Å². The normalized spacial score (nSPS) is 18.4. The van der Waals surface area contributed by atoms with Crippen LogP contribution in [0.1, 0.15) is 32.6 Å². The number of likely N-dealkylation sites (tertiary alicyclic amines) is 1. The van der Waals surface area contributed by atoms with Crippen LogP contribution in [-0.2, 0) is 9.84 Å². The van der Waals surface area contributed by atoms with Crippen LogP contribution in [0.25, 0.3) is 0 Å². The quantitative estimate of drug-likeness (QED) is 0.348. The molecule has 0 spiro atoms. The van der Waals surface area contributed by atoms with E-state index in [0.717, 1.165) is 19.0 Å². The zero-order valence-electron chi connectivity index (χ0n) is 14.0. The van der Waals surface area contributed by atoms with Crippen molar-refractivity contribution in [3.8, 4) is 0 Å². The Morgan fingerprint density at radius 2 is 1.91 bits per heavy atom. The highest BCUT2D eigenvalue weighted by molar-refractivity contribution is 14.0. The van der Waals surface area contributed by atoms with E-state index < -0.39 is 9.84 Å². The Morgan fingerprint density at radius 3 is 2.45 bits per heavy atom. The van der Waals surface area contributed by atoms with Crippen LogP contribution in [0.3, 0.4) is 0 Å². The molecule has 0 aliphatic carbocycles. The van der Waals surface area contributed by atoms with E-state index in [1.807, 2.05) is 6.92 Å². The Hall–Kier alpha value is -0.0900. The van der Waals surface area contributed by atoms with Gasteiger partial charge < -0.3 is 15.5 Å². The molecule has 0 aromatic carbocycles. The first-order valence-corrected chi connectivity index (χ1v) is 9.84. The molecule has 0 saturated carbocycles. The molecule has 0 aromatic heterocycles. The van der Waals surface area contributed by atoms with Crippen LogP contribution < -0.4 is 10.6 Å². The predicted octanol–water partition coefficient (Wildman–Crippen LogP) is 1.08. The lowest BCUT2D eigenvalue weighted by Gasteiger charge is -2.27. The molecule has 1 rings (SSSR count). The summed E-state index contributed by atoms with van der Waals surface area (Å²) < 4.78 is 22.3. The summed E-state index contributed by atoms with van der Waals surface area (Å²) in [5.41, 5.74) is 0. The summed E-state index contributed by atoms with van der Waals surface area (Å²) in [4.78, 5) is 6.65. The first-order valence-electron chi connectivity index (χ1n) is 7.78. The summed E-state index contributed by atoms with van der Waals surface area (Å²) in [7, 11) is -1.16. The Bertz CT molecular complexity index is 423. The number of hydrogen-bond donors (Lipinski definition) is 2. The molecule has 1 unspecified atom stereocenters. The summed E-state index contributed by atoms with van der Waals surface area (Å²) >= 11 is 0. The summed E-state index contributed by atoms with van der Waals surface area (Å²) in [6.07, 6.45) is 5.81. The smallest absolute Gasteiger partial charge is 0.191 e. The molecule has 1 fully saturated rings. The lowest BCUT2D eigenvalue weighted by Crippen LogP contribution is -2.45. The maximum atomic E-state index is 11.2. The Kier molecular flexibility index (Phi) is 11.4. The fraction of sp³-hybridized carbons (Fsp3) is 0.929. The second-order valence-electron chi connectivity index (χ2n) is 5.87. The maximum Gasteiger partial charge on any atom is 0.191 e. The Labute approximate surface area is 152 Å². The minimum absolute atomic E-state index is 0. The molecular formula is C14H31IN4O2S. The third-order valence-electron chi connectivity index (χ3n) is 3.70. The molecule has 6 nitrogen and oxygen atoms in total. The van der Waals surface area contributed by atoms with Gasteiger partial charge in [0.05, 0.1) is 5.75 Å². The Morgan fingerprint density at radius 1 is 1.27 bits per heavy atom. The van der Waals surface area contributed by atoms with Gasteiger partial charge in [0.15, 0.2) is 5.96 Å². The highest BCUT2D eigenvalue weighted by Gasteiger charge is 2.11. The van der Waals surface area contributed by atoms with Gasteiger partial charge in [-0.15, -0.1) is 24.0 Å². The van der Waals surface area contributed by atoms with Crippen molar-refractivity contribution in [2.45, 2.75) is 38.6 Å². The number of nitrogens with zero attached hydrogens (tertiary/aromatic N) is 2. The van der Waals surface area contributed by atoms with Crippen molar-refractivity contribution in [1.29, 1.82) is 0 Å². The van der Waals surface area contributed by atoms with E-state index in [0.29, 0.717) is 6.42 Å². The van der Waals surface area contributed by atoms with Crippen LogP contribution in [0, 0.1) is 0 Å². The number of hydrogen-bond acceptors (Lipinski definition) is 4. The molecule has 1 saturated heterocycles. The molecule has 1 atom stereocenters. The van der Waals surface area contributed by atoms with E-state index >= 15 is 0 Å². The summed E-state index contributed by atoms with van der Waals surface area (Å²) in [6.45, 7) is 6.25. The van der Waals surface area contributed by atoms with Crippen molar-refractivity contribution in [2.75, 3.05) is 45.2 Å². The second-order valence-corrected chi connectivity index (χ2v) is 8.12. The number of sulfone groups is 1. The minimum Gasteiger partial charge on any atom is -0.355 e. The molecule has 22 heavy (non-hydrogen) atoms. The third-order valence-corrected chi connectivity index (χ3v) is 4.67. The van der Waals surface area contributed by atoms with Crippen molar-refractivity contribution in [3.05, 3.63) is 0 Å². The van der Waals surface area contributed by atoms with E-state index in [1.165, 1.54) is 38.6 Å². The molecule has 1 heterocycles. The molecular weight excluding hydrogens is 415 g/mol. The van der Waals surface area contributed by atoms with Gasteiger partial charge in [0, 0.05) is 32.4 Å². The van der Waals surface area contributed by atoms with Crippen molar-refractivity contribution in [1.82, 2.24) is 15.5 Å². The lowest BCUT2D eigenvalue weighted by atomic mass is 10.1.